The van der Waals surface area contributed by atoms with E-state index in [1.165, 1.54) is 0 Å². The summed E-state index contributed by atoms with van der Waals surface area (Å²) in [6.45, 7) is 11.2. The van der Waals surface area contributed by atoms with Crippen molar-refractivity contribution in [3.8, 4) is 0 Å². The van der Waals surface area contributed by atoms with E-state index in [0.717, 1.165) is 36.3 Å². The van der Waals surface area contributed by atoms with Crippen LogP contribution in [0.1, 0.15) is 65.9 Å². The molecule has 3 nitrogen and oxygen atoms in total. The first kappa shape index (κ1) is 24.1. The highest BCUT2D eigenvalue weighted by atomic mass is 33.1. The SMILES string of the molecule is CC(C)CCCNC(=O)Cc1ccccc1SSC(C)CCC(=O)C(C)C. The van der Waals surface area contributed by atoms with Gasteiger partial charge in [-0.25, -0.2) is 0 Å². The summed E-state index contributed by atoms with van der Waals surface area (Å²) >= 11 is 0. The summed E-state index contributed by atoms with van der Waals surface area (Å²) in [5.41, 5.74) is 1.07. The van der Waals surface area contributed by atoms with Crippen LogP contribution in [0.15, 0.2) is 29.2 Å². The Hall–Kier alpha value is -0.940. The van der Waals surface area contributed by atoms with Gasteiger partial charge in [0.05, 0.1) is 6.42 Å². The molecule has 1 atom stereocenters. The molecule has 0 fully saturated rings. The van der Waals surface area contributed by atoms with Crippen molar-refractivity contribution >= 4 is 33.3 Å². The molecule has 0 saturated heterocycles. The Morgan fingerprint density at radius 3 is 2.41 bits per heavy atom. The van der Waals surface area contributed by atoms with E-state index in [1.54, 1.807) is 21.6 Å². The molecule has 5 heteroatoms. The fourth-order valence-corrected chi connectivity index (χ4v) is 4.96. The number of amides is 1. The average Bonchev–Trinajstić information content (AvgIpc) is 2.62. The second kappa shape index (κ2) is 13.3. The van der Waals surface area contributed by atoms with Gasteiger partial charge in [-0.1, -0.05) is 74.4 Å². The van der Waals surface area contributed by atoms with E-state index in [-0.39, 0.29) is 11.8 Å². The van der Waals surface area contributed by atoms with Crippen molar-refractivity contribution < 1.29 is 9.59 Å². The van der Waals surface area contributed by atoms with E-state index >= 15 is 0 Å². The van der Waals surface area contributed by atoms with E-state index in [1.807, 2.05) is 32.0 Å². The number of benzene rings is 1. The van der Waals surface area contributed by atoms with Gasteiger partial charge >= 0.3 is 0 Å². The lowest BCUT2D eigenvalue weighted by molar-refractivity contribution is -0.122. The van der Waals surface area contributed by atoms with Crippen LogP contribution in [0.5, 0.6) is 0 Å². The zero-order valence-electron chi connectivity index (χ0n) is 17.4. The van der Waals surface area contributed by atoms with Crippen LogP contribution in [0, 0.1) is 11.8 Å². The first-order chi connectivity index (χ1) is 12.8. The minimum atomic E-state index is 0.0902. The van der Waals surface area contributed by atoms with Gasteiger partial charge in [0.1, 0.15) is 5.78 Å². The number of hydrogen-bond donors (Lipinski definition) is 1. The summed E-state index contributed by atoms with van der Waals surface area (Å²) < 4.78 is 0. The second-order valence-electron chi connectivity index (χ2n) is 7.82. The number of rotatable bonds is 13. The largest absolute Gasteiger partial charge is 0.356 e. The minimum absolute atomic E-state index is 0.0902. The molecule has 27 heavy (non-hydrogen) atoms. The van der Waals surface area contributed by atoms with Crippen molar-refractivity contribution in [3.63, 3.8) is 0 Å². The summed E-state index contributed by atoms with van der Waals surface area (Å²) in [5.74, 6) is 1.22. The van der Waals surface area contributed by atoms with Crippen molar-refractivity contribution in [1.82, 2.24) is 5.32 Å². The molecule has 0 radical (unpaired) electrons. The van der Waals surface area contributed by atoms with E-state index < -0.39 is 0 Å². The topological polar surface area (TPSA) is 46.2 Å². The van der Waals surface area contributed by atoms with Crippen LogP contribution < -0.4 is 5.32 Å². The van der Waals surface area contributed by atoms with Gasteiger partial charge in [-0.2, -0.15) is 0 Å². The van der Waals surface area contributed by atoms with E-state index in [2.05, 4.69) is 32.2 Å². The van der Waals surface area contributed by atoms with Crippen LogP contribution in [0.3, 0.4) is 0 Å². The number of nitrogens with one attached hydrogen (secondary N) is 1. The fourth-order valence-electron chi connectivity index (χ4n) is 2.52. The van der Waals surface area contributed by atoms with Gasteiger partial charge < -0.3 is 5.32 Å². The molecule has 0 aliphatic heterocycles. The second-order valence-corrected chi connectivity index (χ2v) is 10.5. The number of Topliss-reactive ketones (excluding diaryl/α,β-unsaturated/α-hetero) is 1. The van der Waals surface area contributed by atoms with Gasteiger partial charge in [0, 0.05) is 29.0 Å². The molecule has 0 heterocycles. The molecule has 1 rings (SSSR count). The first-order valence-corrected chi connectivity index (χ1v) is 12.2. The fraction of sp³-hybridized carbons (Fsp3) is 0.636. The zero-order valence-corrected chi connectivity index (χ0v) is 19.1. The van der Waals surface area contributed by atoms with Crippen LogP contribution in [0.2, 0.25) is 0 Å². The van der Waals surface area contributed by atoms with Crippen LogP contribution in [-0.2, 0) is 16.0 Å². The van der Waals surface area contributed by atoms with Crippen molar-refractivity contribution in [2.75, 3.05) is 6.54 Å². The predicted octanol–water partition coefficient (Wildman–Crippen LogP) is 5.92. The third kappa shape index (κ3) is 10.8. The standard InChI is InChI=1S/C22H35NO2S2/c1-16(2)9-8-14-23-22(25)15-19-10-6-7-11-21(19)27-26-18(5)12-13-20(24)17(3)4/h6-7,10-11,16-18H,8-9,12-15H2,1-5H3,(H,23,25). The number of ketones is 1. The summed E-state index contributed by atoms with van der Waals surface area (Å²) in [5, 5.41) is 3.43. The van der Waals surface area contributed by atoms with Crippen LogP contribution in [0.4, 0.5) is 0 Å². The highest BCUT2D eigenvalue weighted by Crippen LogP contribution is 2.38. The predicted molar refractivity (Wildman–Crippen MR) is 119 cm³/mol. The van der Waals surface area contributed by atoms with Crippen LogP contribution in [-0.4, -0.2) is 23.5 Å². The Morgan fingerprint density at radius 1 is 1.04 bits per heavy atom. The third-order valence-electron chi connectivity index (χ3n) is 4.35. The van der Waals surface area contributed by atoms with E-state index in [0.29, 0.717) is 29.8 Å². The minimum Gasteiger partial charge on any atom is -0.356 e. The zero-order chi connectivity index (χ0) is 20.2. The van der Waals surface area contributed by atoms with Crippen molar-refractivity contribution in [3.05, 3.63) is 29.8 Å². The van der Waals surface area contributed by atoms with E-state index in [4.69, 9.17) is 0 Å². The lowest BCUT2D eigenvalue weighted by Gasteiger charge is -2.13. The summed E-state index contributed by atoms with van der Waals surface area (Å²) in [7, 11) is 3.50. The molecule has 0 aliphatic rings. The quantitative estimate of drug-likeness (QED) is 0.325. The van der Waals surface area contributed by atoms with Crippen LogP contribution in [0.25, 0.3) is 0 Å². The van der Waals surface area contributed by atoms with Gasteiger partial charge in [0.25, 0.3) is 0 Å². The summed E-state index contributed by atoms with van der Waals surface area (Å²) in [6.07, 6.45) is 4.13. The number of carbonyl (C=O) groups is 2. The monoisotopic (exact) mass is 409 g/mol. The van der Waals surface area contributed by atoms with Gasteiger partial charge in [-0.05, 0) is 36.8 Å². The maximum atomic E-state index is 12.2. The van der Waals surface area contributed by atoms with Crippen molar-refractivity contribution in [1.29, 1.82) is 0 Å². The van der Waals surface area contributed by atoms with Gasteiger partial charge in [0.2, 0.25) is 5.91 Å². The highest BCUT2D eigenvalue weighted by Gasteiger charge is 2.13. The molecule has 0 aliphatic carbocycles. The van der Waals surface area contributed by atoms with Crippen molar-refractivity contribution in [2.45, 2.75) is 76.9 Å². The Bertz CT molecular complexity index is 587. The molecule has 1 N–H and O–H groups in total. The lowest BCUT2D eigenvalue weighted by atomic mass is 10.0. The molecule has 0 saturated carbocycles. The number of hydrogen-bond acceptors (Lipinski definition) is 4. The van der Waals surface area contributed by atoms with Gasteiger partial charge in [-0.15, -0.1) is 0 Å². The molecule has 1 aromatic carbocycles. The smallest absolute Gasteiger partial charge is 0.224 e. The Balaban J connectivity index is 2.44. The van der Waals surface area contributed by atoms with Crippen molar-refractivity contribution in [2.24, 2.45) is 11.8 Å². The van der Waals surface area contributed by atoms with Gasteiger partial charge in [-0.3, -0.25) is 9.59 Å². The average molecular weight is 410 g/mol. The third-order valence-corrected chi connectivity index (χ3v) is 7.40. The summed E-state index contributed by atoms with van der Waals surface area (Å²) in [6, 6.07) is 8.11. The van der Waals surface area contributed by atoms with Gasteiger partial charge in [0.15, 0.2) is 0 Å². The maximum Gasteiger partial charge on any atom is 0.224 e. The lowest BCUT2D eigenvalue weighted by Crippen LogP contribution is -2.26. The molecule has 152 valence electrons. The Labute approximate surface area is 173 Å². The summed E-state index contributed by atoms with van der Waals surface area (Å²) in [4.78, 5) is 25.1. The molecule has 1 aromatic rings. The normalized spacial score (nSPS) is 12.4. The van der Waals surface area contributed by atoms with Crippen LogP contribution >= 0.6 is 21.6 Å². The molecular formula is C22H35NO2S2. The molecule has 0 spiro atoms. The Kier molecular flexibility index (Phi) is 11.8. The molecular weight excluding hydrogens is 374 g/mol. The maximum absolute atomic E-state index is 12.2. The molecule has 1 amide bonds. The molecule has 1 unspecified atom stereocenters. The molecule has 0 aromatic heterocycles. The highest BCUT2D eigenvalue weighted by molar-refractivity contribution is 8.77. The molecule has 0 bridgehead atoms. The van der Waals surface area contributed by atoms with E-state index in [9.17, 15) is 9.59 Å². The first-order valence-electron chi connectivity index (χ1n) is 10.00. The Morgan fingerprint density at radius 2 is 1.74 bits per heavy atom. The number of carbonyl (C=O) groups excluding carboxylic acids is 2.